The van der Waals surface area contributed by atoms with Crippen molar-refractivity contribution >= 4 is 5.96 Å². The van der Waals surface area contributed by atoms with Crippen LogP contribution in [-0.2, 0) is 13.0 Å². The van der Waals surface area contributed by atoms with E-state index in [0.29, 0.717) is 24.8 Å². The Morgan fingerprint density at radius 3 is 2.74 bits per heavy atom. The van der Waals surface area contributed by atoms with Crippen molar-refractivity contribution in [1.82, 2.24) is 15.8 Å². The largest absolute Gasteiger partial charge is 0.491 e. The molecule has 1 atom stereocenters. The van der Waals surface area contributed by atoms with Crippen LogP contribution in [0.25, 0.3) is 0 Å². The van der Waals surface area contributed by atoms with Crippen LogP contribution >= 0.6 is 0 Å². The summed E-state index contributed by atoms with van der Waals surface area (Å²) >= 11 is 0. The van der Waals surface area contributed by atoms with E-state index in [9.17, 15) is 5.11 Å². The molecule has 148 valence electrons. The van der Waals surface area contributed by atoms with Gasteiger partial charge in [-0.3, -0.25) is 0 Å². The Bertz CT molecular complexity index is 728. The molecule has 1 heterocycles. The van der Waals surface area contributed by atoms with E-state index in [-0.39, 0.29) is 6.10 Å². The summed E-state index contributed by atoms with van der Waals surface area (Å²) in [6, 6.07) is 9.41. The van der Waals surface area contributed by atoms with E-state index in [0.717, 1.165) is 30.0 Å². The van der Waals surface area contributed by atoms with Gasteiger partial charge in [-0.1, -0.05) is 24.2 Å². The molecule has 1 unspecified atom stereocenters. The number of aliphatic imine (C=N–C) groups is 1. The molecule has 2 aromatic rings. The SMILES string of the molecule is CCNC(=NCc1cc(CC)no1)NCC(O)c1cccc(OC(C)C)c1. The highest BCUT2D eigenvalue weighted by molar-refractivity contribution is 5.79. The first-order valence-corrected chi connectivity index (χ1v) is 9.43. The van der Waals surface area contributed by atoms with E-state index >= 15 is 0 Å². The molecule has 1 aromatic heterocycles. The zero-order chi connectivity index (χ0) is 19.6. The molecule has 3 N–H and O–H groups in total. The number of ether oxygens (including phenoxy) is 1. The second kappa shape index (κ2) is 10.6. The fourth-order valence-corrected chi connectivity index (χ4v) is 2.47. The summed E-state index contributed by atoms with van der Waals surface area (Å²) in [6.07, 6.45) is 0.242. The van der Waals surface area contributed by atoms with Gasteiger partial charge >= 0.3 is 0 Å². The summed E-state index contributed by atoms with van der Waals surface area (Å²) in [5.41, 5.74) is 1.71. The number of guanidine groups is 1. The maximum absolute atomic E-state index is 10.5. The van der Waals surface area contributed by atoms with E-state index in [1.54, 1.807) is 0 Å². The first-order valence-electron chi connectivity index (χ1n) is 9.43. The molecule has 0 amide bonds. The van der Waals surface area contributed by atoms with Crippen molar-refractivity contribution < 1.29 is 14.4 Å². The summed E-state index contributed by atoms with van der Waals surface area (Å²) < 4.78 is 10.9. The monoisotopic (exact) mass is 374 g/mol. The lowest BCUT2D eigenvalue weighted by Crippen LogP contribution is -2.39. The lowest BCUT2D eigenvalue weighted by molar-refractivity contribution is 0.179. The molecule has 7 nitrogen and oxygen atoms in total. The molecular formula is C20H30N4O3. The maximum Gasteiger partial charge on any atom is 0.191 e. The average Bonchev–Trinajstić information content (AvgIpc) is 3.11. The molecule has 0 aliphatic heterocycles. The third-order valence-corrected chi connectivity index (χ3v) is 3.78. The van der Waals surface area contributed by atoms with Crippen molar-refractivity contribution in [3.05, 3.63) is 47.3 Å². The number of rotatable bonds is 9. The van der Waals surface area contributed by atoms with Crippen molar-refractivity contribution in [2.45, 2.75) is 52.9 Å². The Balaban J connectivity index is 1.94. The molecule has 0 saturated carbocycles. The minimum atomic E-state index is -0.679. The molecule has 0 spiro atoms. The minimum absolute atomic E-state index is 0.0901. The Morgan fingerprint density at radius 2 is 2.07 bits per heavy atom. The molecule has 27 heavy (non-hydrogen) atoms. The molecular weight excluding hydrogens is 344 g/mol. The predicted molar refractivity (Wildman–Crippen MR) is 106 cm³/mol. The number of aliphatic hydroxyl groups is 1. The second-order valence-electron chi connectivity index (χ2n) is 6.47. The van der Waals surface area contributed by atoms with Crippen LogP contribution in [0, 0.1) is 0 Å². The zero-order valence-corrected chi connectivity index (χ0v) is 16.5. The predicted octanol–water partition coefficient (Wildman–Crippen LogP) is 2.81. The number of benzene rings is 1. The molecule has 0 aliphatic rings. The van der Waals surface area contributed by atoms with Crippen LogP contribution in [-0.4, -0.2) is 35.4 Å². The summed E-state index contributed by atoms with van der Waals surface area (Å²) in [4.78, 5) is 4.48. The van der Waals surface area contributed by atoms with Crippen molar-refractivity contribution in [1.29, 1.82) is 0 Å². The van der Waals surface area contributed by atoms with Crippen LogP contribution in [0.3, 0.4) is 0 Å². The minimum Gasteiger partial charge on any atom is -0.491 e. The van der Waals surface area contributed by atoms with Gasteiger partial charge < -0.3 is 25.0 Å². The Morgan fingerprint density at radius 1 is 1.26 bits per heavy atom. The van der Waals surface area contributed by atoms with Crippen molar-refractivity contribution in [2.24, 2.45) is 4.99 Å². The highest BCUT2D eigenvalue weighted by Crippen LogP contribution is 2.20. The number of aromatic nitrogens is 1. The van der Waals surface area contributed by atoms with Crippen LogP contribution in [0.5, 0.6) is 5.75 Å². The number of nitrogens with one attached hydrogen (secondary N) is 2. The van der Waals surface area contributed by atoms with Crippen LogP contribution < -0.4 is 15.4 Å². The first kappa shape index (κ1) is 20.8. The molecule has 0 saturated heterocycles. The molecule has 1 aromatic carbocycles. The van der Waals surface area contributed by atoms with E-state index < -0.39 is 6.10 Å². The lowest BCUT2D eigenvalue weighted by atomic mass is 10.1. The number of hydrogen-bond donors (Lipinski definition) is 3. The van der Waals surface area contributed by atoms with Gasteiger partial charge in [-0.15, -0.1) is 0 Å². The number of aliphatic hydroxyl groups excluding tert-OH is 1. The summed E-state index contributed by atoms with van der Waals surface area (Å²) in [6.45, 7) is 9.40. The normalized spacial score (nSPS) is 12.9. The van der Waals surface area contributed by atoms with Crippen LogP contribution in [0.4, 0.5) is 0 Å². The smallest absolute Gasteiger partial charge is 0.191 e. The van der Waals surface area contributed by atoms with Gasteiger partial charge in [0.25, 0.3) is 0 Å². The highest BCUT2D eigenvalue weighted by Gasteiger charge is 2.10. The van der Waals surface area contributed by atoms with Gasteiger partial charge in [0.1, 0.15) is 12.3 Å². The fourth-order valence-electron chi connectivity index (χ4n) is 2.47. The van der Waals surface area contributed by atoms with Crippen LogP contribution in [0.2, 0.25) is 0 Å². The Hall–Kier alpha value is -2.54. The molecule has 7 heteroatoms. The van der Waals surface area contributed by atoms with E-state index in [2.05, 4.69) is 20.8 Å². The first-order chi connectivity index (χ1) is 13.0. The summed E-state index contributed by atoms with van der Waals surface area (Å²) in [5.74, 6) is 2.07. The average molecular weight is 374 g/mol. The molecule has 0 bridgehead atoms. The van der Waals surface area contributed by atoms with E-state index in [1.807, 2.05) is 58.0 Å². The molecule has 0 aliphatic carbocycles. The van der Waals surface area contributed by atoms with Gasteiger partial charge in [0, 0.05) is 19.2 Å². The third-order valence-electron chi connectivity index (χ3n) is 3.78. The second-order valence-corrected chi connectivity index (χ2v) is 6.47. The van der Waals surface area contributed by atoms with Crippen LogP contribution in [0.15, 0.2) is 39.8 Å². The molecule has 0 fully saturated rings. The maximum atomic E-state index is 10.5. The standard InChI is InChI=1S/C20H30N4O3/c1-5-16-11-18(27-24-16)12-22-20(21-6-2)23-13-19(25)15-8-7-9-17(10-15)26-14(3)4/h7-11,14,19,25H,5-6,12-13H2,1-4H3,(H2,21,22,23). The Kier molecular flexibility index (Phi) is 8.13. The van der Waals surface area contributed by atoms with Gasteiger partial charge in [-0.25, -0.2) is 4.99 Å². The zero-order valence-electron chi connectivity index (χ0n) is 16.5. The van der Waals surface area contributed by atoms with Crippen molar-refractivity contribution in [2.75, 3.05) is 13.1 Å². The van der Waals surface area contributed by atoms with Gasteiger partial charge in [0.2, 0.25) is 0 Å². The number of aryl methyl sites for hydroxylation is 1. The third kappa shape index (κ3) is 6.94. The van der Waals surface area contributed by atoms with E-state index in [4.69, 9.17) is 9.26 Å². The summed E-state index contributed by atoms with van der Waals surface area (Å²) in [5, 5.41) is 20.8. The number of nitrogens with zero attached hydrogens (tertiary/aromatic N) is 2. The fraction of sp³-hybridized carbons (Fsp3) is 0.500. The van der Waals surface area contributed by atoms with Crippen molar-refractivity contribution in [3.63, 3.8) is 0 Å². The summed E-state index contributed by atoms with van der Waals surface area (Å²) in [7, 11) is 0. The number of hydrogen-bond acceptors (Lipinski definition) is 5. The highest BCUT2D eigenvalue weighted by atomic mass is 16.5. The van der Waals surface area contributed by atoms with Gasteiger partial charge in [0.15, 0.2) is 11.7 Å². The lowest BCUT2D eigenvalue weighted by Gasteiger charge is -2.17. The molecule has 2 rings (SSSR count). The Labute approximate surface area is 160 Å². The topological polar surface area (TPSA) is 91.9 Å². The quantitative estimate of drug-likeness (QED) is 0.462. The van der Waals surface area contributed by atoms with Gasteiger partial charge in [0.05, 0.1) is 17.9 Å². The van der Waals surface area contributed by atoms with E-state index in [1.165, 1.54) is 0 Å². The van der Waals surface area contributed by atoms with Crippen LogP contribution in [0.1, 0.15) is 50.8 Å². The van der Waals surface area contributed by atoms with Gasteiger partial charge in [-0.2, -0.15) is 0 Å². The van der Waals surface area contributed by atoms with Gasteiger partial charge in [-0.05, 0) is 44.9 Å². The van der Waals surface area contributed by atoms with Crippen molar-refractivity contribution in [3.8, 4) is 5.75 Å². The molecule has 0 radical (unpaired) electrons.